The number of hydrogen-bond donors (Lipinski definition) is 1. The van der Waals surface area contributed by atoms with Crippen molar-refractivity contribution in [3.63, 3.8) is 0 Å². The van der Waals surface area contributed by atoms with Crippen LogP contribution in [0.4, 0.5) is 0 Å². The summed E-state index contributed by atoms with van der Waals surface area (Å²) in [6, 6.07) is 9.23. The molecule has 1 aromatic rings. The van der Waals surface area contributed by atoms with Crippen LogP contribution < -0.4 is 10.1 Å². The minimum Gasteiger partial charge on any atom is -0.490 e. The zero-order chi connectivity index (χ0) is 13.1. The number of hydrogen-bond acceptors (Lipinski definition) is 2. The average Bonchev–Trinajstić information content (AvgIpc) is 2.69. The molecule has 1 heterocycles. The third-order valence-electron chi connectivity index (χ3n) is 4.75. The van der Waals surface area contributed by atoms with E-state index in [2.05, 4.69) is 36.6 Å². The second-order valence-electron chi connectivity index (χ2n) is 6.16. The number of benzene rings is 1. The summed E-state index contributed by atoms with van der Waals surface area (Å²) in [6.07, 6.45) is 9.58. The number of rotatable bonds is 3. The van der Waals surface area contributed by atoms with Crippen LogP contribution >= 0.6 is 0 Å². The smallest absolute Gasteiger partial charge is 0.123 e. The van der Waals surface area contributed by atoms with Gasteiger partial charge in [0, 0.05) is 12.5 Å². The summed E-state index contributed by atoms with van der Waals surface area (Å²) < 4.78 is 6.10. The molecule has 1 aromatic carbocycles. The van der Waals surface area contributed by atoms with Crippen molar-refractivity contribution in [1.29, 1.82) is 0 Å². The first-order chi connectivity index (χ1) is 9.35. The molecule has 1 fully saturated rings. The van der Waals surface area contributed by atoms with Crippen LogP contribution in [0.3, 0.4) is 0 Å². The zero-order valence-corrected chi connectivity index (χ0v) is 11.9. The summed E-state index contributed by atoms with van der Waals surface area (Å²) in [5, 5.41) is 3.48. The van der Waals surface area contributed by atoms with Crippen LogP contribution in [-0.4, -0.2) is 19.2 Å². The van der Waals surface area contributed by atoms with E-state index >= 15 is 0 Å². The summed E-state index contributed by atoms with van der Waals surface area (Å²) in [5.41, 5.74) is 1.39. The van der Waals surface area contributed by atoms with Crippen molar-refractivity contribution in [3.05, 3.63) is 29.8 Å². The molecule has 2 heteroatoms. The molecule has 0 amide bonds. The Morgan fingerprint density at radius 3 is 2.89 bits per heavy atom. The van der Waals surface area contributed by atoms with E-state index in [1.807, 2.05) is 0 Å². The largest absolute Gasteiger partial charge is 0.490 e. The standard InChI is InChI=1S/C17H25NO/c1-18-15-8-4-2-6-13(10-15)11-16-12-14-7-3-5-9-17(14)19-16/h3,5,7,9,13,15-16,18H,2,4,6,8,10-12H2,1H3. The summed E-state index contributed by atoms with van der Waals surface area (Å²) in [7, 11) is 2.11. The molecule has 3 atom stereocenters. The molecule has 0 radical (unpaired) electrons. The van der Waals surface area contributed by atoms with Gasteiger partial charge in [0.2, 0.25) is 0 Å². The molecule has 1 saturated carbocycles. The maximum absolute atomic E-state index is 6.10. The maximum Gasteiger partial charge on any atom is 0.123 e. The van der Waals surface area contributed by atoms with Gasteiger partial charge in [-0.2, -0.15) is 0 Å². The molecule has 2 aliphatic rings. The molecule has 1 N–H and O–H groups in total. The third-order valence-corrected chi connectivity index (χ3v) is 4.75. The number of para-hydroxylation sites is 1. The average molecular weight is 259 g/mol. The number of nitrogens with one attached hydrogen (secondary N) is 1. The van der Waals surface area contributed by atoms with Crippen molar-refractivity contribution in [1.82, 2.24) is 5.32 Å². The van der Waals surface area contributed by atoms with E-state index in [1.165, 1.54) is 44.1 Å². The van der Waals surface area contributed by atoms with Crippen molar-refractivity contribution in [3.8, 4) is 5.75 Å². The fourth-order valence-corrected chi connectivity index (χ4v) is 3.70. The molecule has 2 nitrogen and oxygen atoms in total. The van der Waals surface area contributed by atoms with Gasteiger partial charge in [-0.1, -0.05) is 37.5 Å². The van der Waals surface area contributed by atoms with E-state index in [-0.39, 0.29) is 0 Å². The van der Waals surface area contributed by atoms with E-state index in [9.17, 15) is 0 Å². The topological polar surface area (TPSA) is 21.3 Å². The normalized spacial score (nSPS) is 30.5. The van der Waals surface area contributed by atoms with Crippen LogP contribution in [0.5, 0.6) is 5.75 Å². The Hall–Kier alpha value is -1.02. The van der Waals surface area contributed by atoms with Crippen LogP contribution in [0.25, 0.3) is 0 Å². The second kappa shape index (κ2) is 5.96. The highest BCUT2D eigenvalue weighted by molar-refractivity contribution is 5.37. The molecule has 19 heavy (non-hydrogen) atoms. The van der Waals surface area contributed by atoms with Crippen molar-refractivity contribution in [2.45, 2.75) is 57.1 Å². The summed E-state index contributed by atoms with van der Waals surface area (Å²) in [4.78, 5) is 0. The van der Waals surface area contributed by atoms with E-state index in [0.29, 0.717) is 6.10 Å². The highest BCUT2D eigenvalue weighted by Gasteiger charge is 2.27. The Bertz CT molecular complexity index is 392. The van der Waals surface area contributed by atoms with Gasteiger partial charge in [-0.15, -0.1) is 0 Å². The highest BCUT2D eigenvalue weighted by Crippen LogP contribution is 2.34. The third kappa shape index (κ3) is 3.11. The molecule has 0 spiro atoms. The van der Waals surface area contributed by atoms with E-state index in [1.54, 1.807) is 0 Å². The van der Waals surface area contributed by atoms with Gasteiger partial charge in [0.15, 0.2) is 0 Å². The van der Waals surface area contributed by atoms with Gasteiger partial charge in [0.25, 0.3) is 0 Å². The fraction of sp³-hybridized carbons (Fsp3) is 0.647. The lowest BCUT2D eigenvalue weighted by atomic mass is 9.91. The second-order valence-corrected chi connectivity index (χ2v) is 6.16. The van der Waals surface area contributed by atoms with Crippen LogP contribution in [0.1, 0.15) is 44.1 Å². The van der Waals surface area contributed by atoms with Gasteiger partial charge in [0.1, 0.15) is 11.9 Å². The monoisotopic (exact) mass is 259 g/mol. The molecule has 0 aromatic heterocycles. The Kier molecular flexibility index (Phi) is 4.07. The minimum atomic E-state index is 0.415. The molecule has 3 rings (SSSR count). The van der Waals surface area contributed by atoms with E-state index in [4.69, 9.17) is 4.74 Å². The van der Waals surface area contributed by atoms with Gasteiger partial charge in [0.05, 0.1) is 0 Å². The van der Waals surface area contributed by atoms with Crippen molar-refractivity contribution >= 4 is 0 Å². The molecular formula is C17H25NO. The van der Waals surface area contributed by atoms with Crippen LogP contribution in [0, 0.1) is 5.92 Å². The van der Waals surface area contributed by atoms with Gasteiger partial charge in [-0.05, 0) is 43.9 Å². The lowest BCUT2D eigenvalue weighted by Gasteiger charge is -2.22. The van der Waals surface area contributed by atoms with Gasteiger partial charge in [-0.3, -0.25) is 0 Å². The summed E-state index contributed by atoms with van der Waals surface area (Å²) in [6.45, 7) is 0. The number of fused-ring (bicyclic) bond motifs is 1. The van der Waals surface area contributed by atoms with Crippen molar-refractivity contribution in [2.24, 2.45) is 5.92 Å². The number of ether oxygens (including phenoxy) is 1. The van der Waals surface area contributed by atoms with Crippen LogP contribution in [0.2, 0.25) is 0 Å². The quantitative estimate of drug-likeness (QED) is 0.838. The van der Waals surface area contributed by atoms with E-state index < -0.39 is 0 Å². The first kappa shape index (κ1) is 13.0. The Morgan fingerprint density at radius 1 is 1.21 bits per heavy atom. The first-order valence-electron chi connectivity index (χ1n) is 7.77. The van der Waals surface area contributed by atoms with Gasteiger partial charge < -0.3 is 10.1 Å². The summed E-state index contributed by atoms with van der Waals surface area (Å²) in [5.74, 6) is 1.95. The molecule has 104 valence electrons. The Balaban J connectivity index is 1.57. The highest BCUT2D eigenvalue weighted by atomic mass is 16.5. The molecule has 0 saturated heterocycles. The Morgan fingerprint density at radius 2 is 2.05 bits per heavy atom. The van der Waals surface area contributed by atoms with Crippen molar-refractivity contribution < 1.29 is 4.74 Å². The zero-order valence-electron chi connectivity index (χ0n) is 11.9. The SMILES string of the molecule is CNC1CCCCC(CC2Cc3ccccc3O2)C1. The summed E-state index contributed by atoms with van der Waals surface area (Å²) >= 11 is 0. The molecule has 3 unspecified atom stereocenters. The lowest BCUT2D eigenvalue weighted by molar-refractivity contribution is 0.183. The van der Waals surface area contributed by atoms with E-state index in [0.717, 1.165) is 24.1 Å². The first-order valence-corrected chi connectivity index (χ1v) is 7.77. The Labute approximate surface area is 116 Å². The maximum atomic E-state index is 6.10. The van der Waals surface area contributed by atoms with Gasteiger partial charge in [-0.25, -0.2) is 0 Å². The van der Waals surface area contributed by atoms with Crippen LogP contribution in [-0.2, 0) is 6.42 Å². The lowest BCUT2D eigenvalue weighted by Crippen LogP contribution is -2.28. The van der Waals surface area contributed by atoms with Gasteiger partial charge >= 0.3 is 0 Å². The molecular weight excluding hydrogens is 234 g/mol. The molecule has 1 aliphatic carbocycles. The molecule has 1 aliphatic heterocycles. The fourth-order valence-electron chi connectivity index (χ4n) is 3.70. The minimum absolute atomic E-state index is 0.415. The van der Waals surface area contributed by atoms with Crippen molar-refractivity contribution in [2.75, 3.05) is 7.05 Å². The predicted molar refractivity (Wildman–Crippen MR) is 78.6 cm³/mol. The molecule has 0 bridgehead atoms. The predicted octanol–water partition coefficient (Wildman–Crippen LogP) is 3.55. The van der Waals surface area contributed by atoms with Crippen LogP contribution in [0.15, 0.2) is 24.3 Å².